The van der Waals surface area contributed by atoms with Crippen molar-refractivity contribution in [2.45, 2.75) is 47.1 Å². The Morgan fingerprint density at radius 3 is 2.10 bits per heavy atom. The number of methoxy groups -OCH3 is 1. The van der Waals surface area contributed by atoms with Gasteiger partial charge in [0.15, 0.2) is 5.96 Å². The molecule has 0 aromatic carbocycles. The monoisotopic (exact) mass is 300 g/mol. The molecule has 0 atom stereocenters. The van der Waals surface area contributed by atoms with Gasteiger partial charge in [0.05, 0.1) is 12.1 Å². The number of rotatable bonds is 7. The van der Waals surface area contributed by atoms with Crippen LogP contribution >= 0.6 is 0 Å². The van der Waals surface area contributed by atoms with Gasteiger partial charge in [0.25, 0.3) is 0 Å². The van der Waals surface area contributed by atoms with E-state index in [2.05, 4.69) is 20.9 Å². The van der Waals surface area contributed by atoms with Crippen molar-refractivity contribution >= 4 is 11.9 Å². The highest BCUT2D eigenvalue weighted by molar-refractivity contribution is 5.81. The highest BCUT2D eigenvalue weighted by Gasteiger charge is 2.20. The van der Waals surface area contributed by atoms with Gasteiger partial charge in [0.2, 0.25) is 5.91 Å². The van der Waals surface area contributed by atoms with Crippen molar-refractivity contribution in [3.63, 3.8) is 0 Å². The van der Waals surface area contributed by atoms with E-state index >= 15 is 0 Å². The van der Waals surface area contributed by atoms with E-state index in [9.17, 15) is 4.79 Å². The van der Waals surface area contributed by atoms with Crippen molar-refractivity contribution in [1.82, 2.24) is 16.0 Å². The lowest BCUT2D eigenvalue weighted by molar-refractivity contribution is -0.128. The summed E-state index contributed by atoms with van der Waals surface area (Å²) in [5.41, 5.74) is -0.649. The zero-order valence-corrected chi connectivity index (χ0v) is 14.6. The van der Waals surface area contributed by atoms with Gasteiger partial charge in [-0.3, -0.25) is 9.79 Å². The summed E-state index contributed by atoms with van der Waals surface area (Å²) >= 11 is 0. The van der Waals surface area contributed by atoms with Crippen LogP contribution in [0.4, 0.5) is 0 Å². The van der Waals surface area contributed by atoms with Gasteiger partial charge in [-0.25, -0.2) is 0 Å². The Hall–Kier alpha value is -1.30. The summed E-state index contributed by atoms with van der Waals surface area (Å²) in [4.78, 5) is 16.2. The topological polar surface area (TPSA) is 74.8 Å². The Balaban J connectivity index is 4.22. The predicted molar refractivity (Wildman–Crippen MR) is 87.5 cm³/mol. The zero-order valence-electron chi connectivity index (χ0n) is 14.6. The molecule has 0 rings (SSSR count). The predicted octanol–water partition coefficient (Wildman–Crippen LogP) is 1.13. The van der Waals surface area contributed by atoms with Crippen LogP contribution in [-0.4, -0.2) is 50.8 Å². The van der Waals surface area contributed by atoms with Gasteiger partial charge in [0.1, 0.15) is 0 Å². The summed E-state index contributed by atoms with van der Waals surface area (Å²) in [5.74, 6) is 0.777. The van der Waals surface area contributed by atoms with Gasteiger partial charge in [-0.2, -0.15) is 0 Å². The number of hydrogen-bond donors (Lipinski definition) is 3. The lowest BCUT2D eigenvalue weighted by atomic mass is 9.96. The molecule has 124 valence electrons. The van der Waals surface area contributed by atoms with Crippen LogP contribution in [0.25, 0.3) is 0 Å². The first-order valence-corrected chi connectivity index (χ1v) is 7.48. The fourth-order valence-corrected chi connectivity index (χ4v) is 1.30. The number of ether oxygens (including phenoxy) is 1. The molecule has 1 amide bonds. The normalized spacial score (nSPS) is 13.0. The second-order valence-corrected chi connectivity index (χ2v) is 6.59. The molecule has 0 aromatic heterocycles. The smallest absolute Gasteiger partial charge is 0.225 e. The quantitative estimate of drug-likeness (QED) is 0.374. The van der Waals surface area contributed by atoms with Gasteiger partial charge in [0, 0.05) is 32.2 Å². The Morgan fingerprint density at radius 2 is 1.62 bits per heavy atom. The Labute approximate surface area is 129 Å². The van der Waals surface area contributed by atoms with E-state index in [4.69, 9.17) is 4.74 Å². The first-order chi connectivity index (χ1) is 9.62. The molecule has 0 unspecified atom stereocenters. The molecule has 21 heavy (non-hydrogen) atoms. The highest BCUT2D eigenvalue weighted by Crippen LogP contribution is 2.11. The highest BCUT2D eigenvalue weighted by atomic mass is 16.5. The second-order valence-electron chi connectivity index (χ2n) is 6.59. The van der Waals surface area contributed by atoms with Crippen molar-refractivity contribution in [1.29, 1.82) is 0 Å². The van der Waals surface area contributed by atoms with Crippen LogP contribution in [0.1, 0.15) is 41.5 Å². The fourth-order valence-electron chi connectivity index (χ4n) is 1.30. The van der Waals surface area contributed by atoms with Crippen molar-refractivity contribution < 1.29 is 9.53 Å². The molecule has 0 aromatic rings. The molecule has 0 radical (unpaired) electrons. The first-order valence-electron chi connectivity index (χ1n) is 7.48. The Morgan fingerprint density at radius 1 is 1.05 bits per heavy atom. The maximum Gasteiger partial charge on any atom is 0.225 e. The van der Waals surface area contributed by atoms with Gasteiger partial charge < -0.3 is 20.7 Å². The van der Waals surface area contributed by atoms with E-state index in [-0.39, 0.29) is 16.9 Å². The molecule has 0 heterocycles. The molecule has 6 heteroatoms. The van der Waals surface area contributed by atoms with E-state index in [0.29, 0.717) is 19.6 Å². The molecule has 0 aliphatic heterocycles. The summed E-state index contributed by atoms with van der Waals surface area (Å²) in [6.07, 6.45) is 0. The number of guanidine groups is 1. The molecular weight excluding hydrogens is 268 g/mol. The van der Waals surface area contributed by atoms with Crippen LogP contribution in [0.2, 0.25) is 0 Å². The van der Waals surface area contributed by atoms with Crippen LogP contribution in [-0.2, 0) is 9.53 Å². The molecule has 0 spiro atoms. The molecule has 3 N–H and O–H groups in total. The minimum Gasteiger partial charge on any atom is -0.377 e. The number of carbonyl (C=O) groups excluding carboxylic acids is 1. The molecule has 0 aliphatic rings. The van der Waals surface area contributed by atoms with Gasteiger partial charge in [-0.05, 0) is 20.8 Å². The van der Waals surface area contributed by atoms with Gasteiger partial charge in [-0.15, -0.1) is 0 Å². The third-order valence-electron chi connectivity index (χ3n) is 2.90. The van der Waals surface area contributed by atoms with E-state index in [1.54, 1.807) is 7.11 Å². The summed E-state index contributed by atoms with van der Waals surface area (Å²) < 4.78 is 5.34. The molecule has 0 aliphatic carbocycles. The summed E-state index contributed by atoms with van der Waals surface area (Å²) in [7, 11) is 1.68. The van der Waals surface area contributed by atoms with E-state index < -0.39 is 0 Å². The first kappa shape index (κ1) is 19.7. The van der Waals surface area contributed by atoms with Crippen molar-refractivity contribution in [3.8, 4) is 0 Å². The number of amides is 1. The van der Waals surface area contributed by atoms with E-state index in [0.717, 1.165) is 12.5 Å². The molecule has 0 saturated heterocycles. The largest absolute Gasteiger partial charge is 0.377 e. The average molecular weight is 300 g/mol. The lowest BCUT2D eigenvalue weighted by Gasteiger charge is -2.21. The molecule has 0 saturated carbocycles. The number of nitrogens with zero attached hydrogens (tertiary/aromatic N) is 1. The third-order valence-corrected chi connectivity index (χ3v) is 2.90. The molecule has 0 bridgehead atoms. The minimum atomic E-state index is -0.360. The SMILES string of the molecule is CCNC(=NCC(C)(C)OC)NCCNC(=O)C(C)(C)C. The fraction of sp³-hybridized carbons (Fsp3) is 0.867. The zero-order chi connectivity index (χ0) is 16.5. The van der Waals surface area contributed by atoms with Crippen molar-refractivity contribution in [2.24, 2.45) is 10.4 Å². The lowest BCUT2D eigenvalue weighted by Crippen LogP contribution is -2.44. The number of carbonyl (C=O) groups is 1. The van der Waals surface area contributed by atoms with E-state index in [1.807, 2.05) is 41.5 Å². The van der Waals surface area contributed by atoms with Crippen LogP contribution in [0.15, 0.2) is 4.99 Å². The second kappa shape index (κ2) is 8.87. The van der Waals surface area contributed by atoms with Crippen LogP contribution in [0, 0.1) is 5.41 Å². The number of nitrogens with one attached hydrogen (secondary N) is 3. The molecule has 0 fully saturated rings. The van der Waals surface area contributed by atoms with Gasteiger partial charge in [-0.1, -0.05) is 20.8 Å². The summed E-state index contributed by atoms with van der Waals surface area (Å²) in [6, 6.07) is 0. The van der Waals surface area contributed by atoms with E-state index in [1.165, 1.54) is 0 Å². The van der Waals surface area contributed by atoms with Gasteiger partial charge >= 0.3 is 0 Å². The number of aliphatic imine (C=N–C) groups is 1. The van der Waals surface area contributed by atoms with Crippen LogP contribution in [0.3, 0.4) is 0 Å². The standard InChI is InChI=1S/C15H32N4O2/c1-8-16-13(19-11-15(5,6)21-7)18-10-9-17-12(20)14(2,3)4/h8-11H2,1-7H3,(H,17,20)(H2,16,18,19). The van der Waals surface area contributed by atoms with Crippen LogP contribution < -0.4 is 16.0 Å². The summed E-state index contributed by atoms with van der Waals surface area (Å²) in [5, 5.41) is 9.26. The van der Waals surface area contributed by atoms with Crippen LogP contribution in [0.5, 0.6) is 0 Å². The minimum absolute atomic E-state index is 0.0479. The maximum absolute atomic E-state index is 11.7. The molecule has 6 nitrogen and oxygen atoms in total. The number of hydrogen-bond acceptors (Lipinski definition) is 3. The van der Waals surface area contributed by atoms with Crippen molar-refractivity contribution in [2.75, 3.05) is 33.3 Å². The maximum atomic E-state index is 11.7. The average Bonchev–Trinajstić information content (AvgIpc) is 2.39. The third kappa shape index (κ3) is 9.28. The Kier molecular flexibility index (Phi) is 8.32. The summed E-state index contributed by atoms with van der Waals surface area (Å²) in [6.45, 7) is 14.2. The van der Waals surface area contributed by atoms with Crippen molar-refractivity contribution in [3.05, 3.63) is 0 Å². The Bertz CT molecular complexity index is 346. The molecular formula is C15H32N4O2.